The van der Waals surface area contributed by atoms with Crippen LogP contribution in [0.4, 0.5) is 0 Å². The van der Waals surface area contributed by atoms with Crippen molar-refractivity contribution in [1.29, 1.82) is 0 Å². The van der Waals surface area contributed by atoms with Crippen LogP contribution in [-0.2, 0) is 14.4 Å². The van der Waals surface area contributed by atoms with E-state index in [1.165, 1.54) is 0 Å². The van der Waals surface area contributed by atoms with Crippen LogP contribution in [0.1, 0.15) is 26.2 Å². The number of carboxylic acids is 1. The highest BCUT2D eigenvalue weighted by Gasteiger charge is 2.28. The van der Waals surface area contributed by atoms with Gasteiger partial charge in [0.15, 0.2) is 0 Å². The second-order valence-electron chi connectivity index (χ2n) is 3.14. The maximum Gasteiger partial charge on any atom is 0.327 e. The standard InChI is InChI=1S/C7H11NO2.C3H4O2/c1-2-3-5-4-6(9)8-7(5)10;1-2-3(4)5/h5H,2-4H2,1H3,(H,8,9,10);2H,1H2,(H,4,5). The summed E-state index contributed by atoms with van der Waals surface area (Å²) < 4.78 is 0. The number of amides is 2. The maximum atomic E-state index is 10.8. The molecular formula is C10H15NO4. The normalized spacial score (nSPS) is 18.9. The third-order valence-electron chi connectivity index (χ3n) is 1.88. The molecule has 0 aromatic carbocycles. The molecule has 84 valence electrons. The predicted octanol–water partition coefficient (Wildman–Crippen LogP) is 0.706. The molecule has 0 aliphatic carbocycles. The minimum absolute atomic E-state index is 0.0440. The van der Waals surface area contributed by atoms with E-state index < -0.39 is 5.97 Å². The highest BCUT2D eigenvalue weighted by molar-refractivity contribution is 6.03. The van der Waals surface area contributed by atoms with Gasteiger partial charge in [-0.3, -0.25) is 14.9 Å². The van der Waals surface area contributed by atoms with Crippen LogP contribution in [0.5, 0.6) is 0 Å². The monoisotopic (exact) mass is 213 g/mol. The molecule has 0 radical (unpaired) electrons. The summed E-state index contributed by atoms with van der Waals surface area (Å²) in [5.41, 5.74) is 0. The summed E-state index contributed by atoms with van der Waals surface area (Å²) in [5.74, 6) is -1.24. The fraction of sp³-hybridized carbons (Fsp3) is 0.500. The van der Waals surface area contributed by atoms with Crippen molar-refractivity contribution in [3.63, 3.8) is 0 Å². The molecule has 0 aromatic heterocycles. The van der Waals surface area contributed by atoms with E-state index in [4.69, 9.17) is 5.11 Å². The van der Waals surface area contributed by atoms with Crippen molar-refractivity contribution < 1.29 is 19.5 Å². The summed E-state index contributed by atoms with van der Waals surface area (Å²) in [6.07, 6.45) is 3.02. The van der Waals surface area contributed by atoms with Crippen molar-refractivity contribution in [1.82, 2.24) is 5.32 Å². The van der Waals surface area contributed by atoms with E-state index in [2.05, 4.69) is 11.9 Å². The molecule has 1 unspecified atom stereocenters. The van der Waals surface area contributed by atoms with Gasteiger partial charge in [0.2, 0.25) is 11.8 Å². The molecule has 1 aliphatic rings. The Morgan fingerprint density at radius 2 is 2.20 bits per heavy atom. The maximum absolute atomic E-state index is 10.8. The second-order valence-corrected chi connectivity index (χ2v) is 3.14. The second kappa shape index (κ2) is 6.75. The first kappa shape index (κ1) is 13.4. The summed E-state index contributed by atoms with van der Waals surface area (Å²) in [5, 5.41) is 9.88. The summed E-state index contributed by atoms with van der Waals surface area (Å²) >= 11 is 0. The molecule has 1 aliphatic heterocycles. The van der Waals surface area contributed by atoms with Gasteiger partial charge in [-0.15, -0.1) is 0 Å². The quantitative estimate of drug-likeness (QED) is 0.534. The summed E-state index contributed by atoms with van der Waals surface area (Å²) in [6.45, 7) is 4.97. The van der Waals surface area contributed by atoms with Crippen molar-refractivity contribution in [2.24, 2.45) is 5.92 Å². The Hall–Kier alpha value is -1.65. The third-order valence-corrected chi connectivity index (χ3v) is 1.88. The number of aliphatic carboxylic acids is 1. The van der Waals surface area contributed by atoms with Gasteiger partial charge < -0.3 is 5.11 Å². The zero-order valence-corrected chi connectivity index (χ0v) is 8.66. The molecule has 0 aromatic rings. The lowest BCUT2D eigenvalue weighted by Crippen LogP contribution is -2.21. The largest absolute Gasteiger partial charge is 0.478 e. The van der Waals surface area contributed by atoms with Gasteiger partial charge in [-0.05, 0) is 6.42 Å². The number of hydrogen-bond donors (Lipinski definition) is 2. The Kier molecular flexibility index (Phi) is 6.01. The molecule has 1 fully saturated rings. The molecule has 1 rings (SSSR count). The third kappa shape index (κ3) is 5.61. The molecule has 1 atom stereocenters. The first-order valence-corrected chi connectivity index (χ1v) is 4.70. The first-order chi connectivity index (χ1) is 7.01. The van der Waals surface area contributed by atoms with Crippen molar-refractivity contribution in [2.75, 3.05) is 0 Å². The zero-order chi connectivity index (χ0) is 11.8. The number of imide groups is 1. The number of carboxylic acid groups (broad SMARTS) is 1. The average molecular weight is 213 g/mol. The van der Waals surface area contributed by atoms with Gasteiger partial charge in [0.25, 0.3) is 0 Å². The molecule has 0 spiro atoms. The summed E-state index contributed by atoms with van der Waals surface area (Å²) in [4.78, 5) is 30.7. The number of carbonyl (C=O) groups excluding carboxylic acids is 2. The number of hydrogen-bond acceptors (Lipinski definition) is 3. The van der Waals surface area contributed by atoms with Crippen LogP contribution < -0.4 is 5.32 Å². The van der Waals surface area contributed by atoms with Crippen molar-refractivity contribution in [3.05, 3.63) is 12.7 Å². The van der Waals surface area contributed by atoms with E-state index >= 15 is 0 Å². The van der Waals surface area contributed by atoms with E-state index in [1.54, 1.807) is 0 Å². The van der Waals surface area contributed by atoms with Crippen molar-refractivity contribution >= 4 is 17.8 Å². The van der Waals surface area contributed by atoms with Crippen LogP contribution in [0.2, 0.25) is 0 Å². The summed E-state index contributed by atoms with van der Waals surface area (Å²) in [6, 6.07) is 0. The van der Waals surface area contributed by atoms with E-state index in [1.807, 2.05) is 6.92 Å². The van der Waals surface area contributed by atoms with Crippen molar-refractivity contribution in [3.8, 4) is 0 Å². The molecule has 5 heteroatoms. The Bertz CT molecular complexity index is 273. The first-order valence-electron chi connectivity index (χ1n) is 4.70. The van der Waals surface area contributed by atoms with E-state index in [0.29, 0.717) is 6.42 Å². The average Bonchev–Trinajstić information content (AvgIpc) is 2.47. The SMILES string of the molecule is C=CC(=O)O.CCCC1CC(=O)NC1=O. The Morgan fingerprint density at radius 3 is 2.47 bits per heavy atom. The lowest BCUT2D eigenvalue weighted by molar-refractivity contribution is -0.131. The molecule has 5 nitrogen and oxygen atoms in total. The number of carbonyl (C=O) groups is 3. The molecule has 15 heavy (non-hydrogen) atoms. The topological polar surface area (TPSA) is 83.5 Å². The van der Waals surface area contributed by atoms with E-state index in [0.717, 1.165) is 18.9 Å². The zero-order valence-electron chi connectivity index (χ0n) is 8.66. The van der Waals surface area contributed by atoms with Crippen LogP contribution in [-0.4, -0.2) is 22.9 Å². The molecule has 1 heterocycles. The van der Waals surface area contributed by atoms with Crippen LogP contribution in [0.3, 0.4) is 0 Å². The lowest BCUT2D eigenvalue weighted by Gasteiger charge is -1.99. The fourth-order valence-electron chi connectivity index (χ4n) is 1.19. The highest BCUT2D eigenvalue weighted by atomic mass is 16.4. The Balaban J connectivity index is 0.000000336. The van der Waals surface area contributed by atoms with Gasteiger partial charge in [0, 0.05) is 18.4 Å². The van der Waals surface area contributed by atoms with E-state index in [-0.39, 0.29) is 17.7 Å². The number of rotatable bonds is 3. The lowest BCUT2D eigenvalue weighted by atomic mass is 10.0. The Labute approximate surface area is 88.2 Å². The summed E-state index contributed by atoms with van der Waals surface area (Å²) in [7, 11) is 0. The smallest absolute Gasteiger partial charge is 0.327 e. The number of nitrogens with one attached hydrogen (secondary N) is 1. The Morgan fingerprint density at radius 1 is 1.67 bits per heavy atom. The highest BCUT2D eigenvalue weighted by Crippen LogP contribution is 2.15. The van der Waals surface area contributed by atoms with Gasteiger partial charge in [-0.25, -0.2) is 4.79 Å². The van der Waals surface area contributed by atoms with Gasteiger partial charge in [-0.2, -0.15) is 0 Å². The molecule has 2 N–H and O–H groups in total. The molecule has 2 amide bonds. The molecule has 1 saturated heterocycles. The van der Waals surface area contributed by atoms with Crippen molar-refractivity contribution in [2.45, 2.75) is 26.2 Å². The van der Waals surface area contributed by atoms with E-state index in [9.17, 15) is 14.4 Å². The van der Waals surface area contributed by atoms with Gasteiger partial charge >= 0.3 is 5.97 Å². The van der Waals surface area contributed by atoms with Crippen LogP contribution >= 0.6 is 0 Å². The van der Waals surface area contributed by atoms with Gasteiger partial charge in [0.05, 0.1) is 0 Å². The fourth-order valence-corrected chi connectivity index (χ4v) is 1.19. The molecular weight excluding hydrogens is 198 g/mol. The van der Waals surface area contributed by atoms with Gasteiger partial charge in [0.1, 0.15) is 0 Å². The minimum atomic E-state index is -0.981. The predicted molar refractivity (Wildman–Crippen MR) is 54.0 cm³/mol. The van der Waals surface area contributed by atoms with Crippen LogP contribution in [0.15, 0.2) is 12.7 Å². The van der Waals surface area contributed by atoms with Crippen LogP contribution in [0.25, 0.3) is 0 Å². The molecule has 0 bridgehead atoms. The van der Waals surface area contributed by atoms with Gasteiger partial charge in [-0.1, -0.05) is 19.9 Å². The molecule has 0 saturated carbocycles. The van der Waals surface area contributed by atoms with Crippen LogP contribution in [0, 0.1) is 5.92 Å². The minimum Gasteiger partial charge on any atom is -0.478 e.